The minimum absolute atomic E-state index is 0.366. The van der Waals surface area contributed by atoms with E-state index in [2.05, 4.69) is 39.4 Å². The highest BCUT2D eigenvalue weighted by molar-refractivity contribution is 7.99. The first kappa shape index (κ1) is 21.5. The van der Waals surface area contributed by atoms with Crippen LogP contribution in [0.4, 0.5) is 0 Å². The number of hydrogen-bond donors (Lipinski definition) is 0. The summed E-state index contributed by atoms with van der Waals surface area (Å²) in [7, 11) is 6.99. The van der Waals surface area contributed by atoms with Gasteiger partial charge in [0.2, 0.25) is 5.75 Å². The molecule has 0 bridgehead atoms. The quantitative estimate of drug-likeness (QED) is 0.456. The molecule has 2 heterocycles. The molecule has 1 fully saturated rings. The van der Waals surface area contributed by atoms with Crippen molar-refractivity contribution in [2.45, 2.75) is 30.5 Å². The number of benzene rings is 1. The molecule has 29 heavy (non-hydrogen) atoms. The van der Waals surface area contributed by atoms with Crippen molar-refractivity contribution in [1.29, 1.82) is 0 Å². The summed E-state index contributed by atoms with van der Waals surface area (Å²) in [5, 5.41) is 9.80. The normalized spacial score (nSPS) is 17.2. The Bertz CT molecular complexity index is 840. The molecule has 1 saturated heterocycles. The molecule has 7 nitrogen and oxygen atoms in total. The molecule has 0 radical (unpaired) electrons. The van der Waals surface area contributed by atoms with Crippen LogP contribution in [-0.4, -0.2) is 59.8 Å². The van der Waals surface area contributed by atoms with E-state index in [1.54, 1.807) is 33.1 Å². The smallest absolute Gasteiger partial charge is 0.203 e. The van der Waals surface area contributed by atoms with Crippen LogP contribution in [-0.2, 0) is 13.6 Å². The lowest BCUT2D eigenvalue weighted by atomic mass is 9.96. The third-order valence-electron chi connectivity index (χ3n) is 5.25. The molecule has 0 aliphatic carbocycles. The SMILES string of the molecule is C=CCSc1nnc(C2CCCN(Cc3ccc(OC)c(OC)c3OC)C2)n1C. The van der Waals surface area contributed by atoms with Crippen LogP contribution in [0, 0.1) is 0 Å². The maximum absolute atomic E-state index is 5.65. The summed E-state index contributed by atoms with van der Waals surface area (Å²) in [6.07, 6.45) is 4.14. The molecule has 0 saturated carbocycles. The molecule has 1 atom stereocenters. The van der Waals surface area contributed by atoms with Gasteiger partial charge in [0, 0.05) is 37.4 Å². The Morgan fingerprint density at radius 3 is 2.66 bits per heavy atom. The molecular formula is C21H30N4O3S. The third kappa shape index (κ3) is 4.70. The number of piperidine rings is 1. The van der Waals surface area contributed by atoms with E-state index >= 15 is 0 Å². The van der Waals surface area contributed by atoms with E-state index in [1.807, 2.05) is 12.1 Å². The number of methoxy groups -OCH3 is 3. The first-order valence-corrected chi connectivity index (χ1v) is 10.7. The predicted octanol–water partition coefficient (Wildman–Crippen LogP) is 3.50. The molecule has 1 aliphatic heterocycles. The van der Waals surface area contributed by atoms with Crippen LogP contribution in [0.5, 0.6) is 17.2 Å². The van der Waals surface area contributed by atoms with Gasteiger partial charge < -0.3 is 18.8 Å². The van der Waals surface area contributed by atoms with E-state index in [4.69, 9.17) is 14.2 Å². The van der Waals surface area contributed by atoms with E-state index < -0.39 is 0 Å². The standard InChI is InChI=1S/C21H30N4O3S/c1-6-12-29-21-23-22-20(24(21)2)16-8-7-11-25(14-16)13-15-9-10-17(26-3)19(28-5)18(15)27-4/h6,9-10,16H,1,7-8,11-14H2,2-5H3. The van der Waals surface area contributed by atoms with Crippen molar-refractivity contribution in [3.8, 4) is 17.2 Å². The van der Waals surface area contributed by atoms with Gasteiger partial charge in [-0.3, -0.25) is 4.90 Å². The lowest BCUT2D eigenvalue weighted by molar-refractivity contribution is 0.192. The Morgan fingerprint density at radius 1 is 1.17 bits per heavy atom. The fourth-order valence-electron chi connectivity index (χ4n) is 3.88. The molecule has 8 heteroatoms. The number of thioether (sulfide) groups is 1. The van der Waals surface area contributed by atoms with Crippen LogP contribution in [0.2, 0.25) is 0 Å². The van der Waals surface area contributed by atoms with Crippen molar-refractivity contribution in [2.75, 3.05) is 40.2 Å². The van der Waals surface area contributed by atoms with Gasteiger partial charge in [-0.1, -0.05) is 23.9 Å². The number of ether oxygens (including phenoxy) is 3. The van der Waals surface area contributed by atoms with Gasteiger partial charge >= 0.3 is 0 Å². The largest absolute Gasteiger partial charge is 0.493 e. The van der Waals surface area contributed by atoms with E-state index in [0.717, 1.165) is 60.5 Å². The van der Waals surface area contributed by atoms with Gasteiger partial charge in [0.15, 0.2) is 16.7 Å². The lowest BCUT2D eigenvalue weighted by Crippen LogP contribution is -2.35. The summed E-state index contributed by atoms with van der Waals surface area (Å²) in [5.74, 6) is 4.30. The predicted molar refractivity (Wildman–Crippen MR) is 115 cm³/mol. The van der Waals surface area contributed by atoms with Gasteiger partial charge in [0.1, 0.15) is 5.82 Å². The van der Waals surface area contributed by atoms with Gasteiger partial charge in [-0.25, -0.2) is 0 Å². The van der Waals surface area contributed by atoms with Crippen molar-refractivity contribution >= 4 is 11.8 Å². The van der Waals surface area contributed by atoms with Crippen molar-refractivity contribution in [2.24, 2.45) is 7.05 Å². The first-order valence-electron chi connectivity index (χ1n) is 9.76. The maximum Gasteiger partial charge on any atom is 0.203 e. The molecule has 1 aromatic carbocycles. The summed E-state index contributed by atoms with van der Waals surface area (Å²) in [6, 6.07) is 3.99. The Labute approximate surface area is 177 Å². The highest BCUT2D eigenvalue weighted by Gasteiger charge is 2.27. The summed E-state index contributed by atoms with van der Waals surface area (Å²) in [6.45, 7) is 6.55. The molecule has 1 unspecified atom stereocenters. The van der Waals surface area contributed by atoms with Gasteiger partial charge in [-0.15, -0.1) is 16.8 Å². The molecule has 1 aliphatic rings. The lowest BCUT2D eigenvalue weighted by Gasteiger charge is -2.32. The summed E-state index contributed by atoms with van der Waals surface area (Å²) in [4.78, 5) is 2.45. The van der Waals surface area contributed by atoms with Crippen LogP contribution in [0.25, 0.3) is 0 Å². The van der Waals surface area contributed by atoms with Crippen LogP contribution in [0.15, 0.2) is 29.9 Å². The topological polar surface area (TPSA) is 61.6 Å². The van der Waals surface area contributed by atoms with Gasteiger partial charge in [0.25, 0.3) is 0 Å². The van der Waals surface area contributed by atoms with Crippen LogP contribution in [0.3, 0.4) is 0 Å². The van der Waals surface area contributed by atoms with Gasteiger partial charge in [-0.05, 0) is 25.5 Å². The van der Waals surface area contributed by atoms with Gasteiger partial charge in [0.05, 0.1) is 21.3 Å². The van der Waals surface area contributed by atoms with Crippen LogP contribution >= 0.6 is 11.8 Å². The average molecular weight is 419 g/mol. The minimum Gasteiger partial charge on any atom is -0.493 e. The fourth-order valence-corrected chi connectivity index (χ4v) is 4.53. The monoisotopic (exact) mass is 418 g/mol. The molecule has 2 aromatic rings. The highest BCUT2D eigenvalue weighted by atomic mass is 32.2. The molecule has 0 N–H and O–H groups in total. The Kier molecular flexibility index (Phi) is 7.44. The van der Waals surface area contributed by atoms with Crippen molar-refractivity contribution in [3.63, 3.8) is 0 Å². The second-order valence-corrected chi connectivity index (χ2v) is 8.05. The van der Waals surface area contributed by atoms with E-state index in [9.17, 15) is 0 Å². The third-order valence-corrected chi connectivity index (χ3v) is 6.27. The number of hydrogen-bond acceptors (Lipinski definition) is 7. The Morgan fingerprint density at radius 2 is 1.97 bits per heavy atom. The number of rotatable bonds is 9. The molecule has 1 aromatic heterocycles. The molecule has 158 valence electrons. The second kappa shape index (κ2) is 10.0. The zero-order valence-corrected chi connectivity index (χ0v) is 18.5. The summed E-state index contributed by atoms with van der Waals surface area (Å²) < 4.78 is 18.7. The minimum atomic E-state index is 0.366. The van der Waals surface area contributed by atoms with Crippen LogP contribution in [0.1, 0.15) is 30.1 Å². The summed E-state index contributed by atoms with van der Waals surface area (Å²) >= 11 is 1.66. The maximum atomic E-state index is 5.65. The summed E-state index contributed by atoms with van der Waals surface area (Å²) in [5.41, 5.74) is 1.09. The van der Waals surface area contributed by atoms with E-state index in [0.29, 0.717) is 17.4 Å². The fraction of sp³-hybridized carbons (Fsp3) is 0.524. The number of likely N-dealkylation sites (tertiary alicyclic amines) is 1. The zero-order valence-electron chi connectivity index (χ0n) is 17.7. The molecule has 0 amide bonds. The zero-order chi connectivity index (χ0) is 20.8. The average Bonchev–Trinajstić information content (AvgIpc) is 3.12. The van der Waals surface area contributed by atoms with E-state index in [-0.39, 0.29) is 0 Å². The Hall–Kier alpha value is -2.19. The van der Waals surface area contributed by atoms with Crippen LogP contribution < -0.4 is 14.2 Å². The van der Waals surface area contributed by atoms with Crippen molar-refractivity contribution < 1.29 is 14.2 Å². The van der Waals surface area contributed by atoms with Crippen molar-refractivity contribution in [1.82, 2.24) is 19.7 Å². The van der Waals surface area contributed by atoms with Crippen molar-refractivity contribution in [3.05, 3.63) is 36.2 Å². The molecule has 0 spiro atoms. The molecular weight excluding hydrogens is 388 g/mol. The second-order valence-electron chi connectivity index (χ2n) is 7.07. The number of aromatic nitrogens is 3. The Balaban J connectivity index is 1.75. The number of nitrogens with zero attached hydrogens (tertiary/aromatic N) is 4. The highest BCUT2D eigenvalue weighted by Crippen LogP contribution is 2.40. The van der Waals surface area contributed by atoms with E-state index in [1.165, 1.54) is 0 Å². The first-order chi connectivity index (χ1) is 14.1. The van der Waals surface area contributed by atoms with Gasteiger partial charge in [-0.2, -0.15) is 0 Å². The molecule has 3 rings (SSSR count).